The Bertz CT molecular complexity index is 1610. The van der Waals surface area contributed by atoms with Gasteiger partial charge in [-0.15, -0.1) is 0 Å². The molecule has 5 rings (SSSR count). The number of ether oxygens (including phenoxy) is 1. The zero-order chi connectivity index (χ0) is 27.4. The van der Waals surface area contributed by atoms with Crippen LogP contribution in [0.25, 0.3) is 21.5 Å². The summed E-state index contributed by atoms with van der Waals surface area (Å²) in [5.41, 5.74) is 10.8. The molecule has 196 valence electrons. The Balaban J connectivity index is 1.49. The van der Waals surface area contributed by atoms with E-state index in [2.05, 4.69) is 15.3 Å². The number of fused-ring (bicyclic) bond motifs is 2. The fourth-order valence-corrected chi connectivity index (χ4v) is 5.37. The van der Waals surface area contributed by atoms with Gasteiger partial charge in [-0.1, -0.05) is 22.9 Å². The van der Waals surface area contributed by atoms with E-state index in [9.17, 15) is 19.1 Å². The summed E-state index contributed by atoms with van der Waals surface area (Å²) in [6.45, 7) is 2.88. The van der Waals surface area contributed by atoms with E-state index < -0.39 is 28.6 Å². The van der Waals surface area contributed by atoms with Crippen molar-refractivity contribution in [2.24, 2.45) is 5.73 Å². The molecule has 6 N–H and O–H groups in total. The summed E-state index contributed by atoms with van der Waals surface area (Å²) in [5, 5.41) is 14.7. The Kier molecular flexibility index (Phi) is 6.25. The Labute approximate surface area is 225 Å². The van der Waals surface area contributed by atoms with Crippen molar-refractivity contribution in [1.82, 2.24) is 15.3 Å². The van der Waals surface area contributed by atoms with Gasteiger partial charge in [0.2, 0.25) is 5.91 Å². The third-order valence-electron chi connectivity index (χ3n) is 6.61. The highest BCUT2D eigenvalue weighted by molar-refractivity contribution is 7.22. The van der Waals surface area contributed by atoms with Gasteiger partial charge in [-0.3, -0.25) is 9.59 Å². The van der Waals surface area contributed by atoms with Crippen LogP contribution in [0, 0.1) is 5.82 Å². The van der Waals surface area contributed by atoms with Gasteiger partial charge in [-0.25, -0.2) is 14.4 Å². The van der Waals surface area contributed by atoms with Crippen LogP contribution < -0.4 is 21.5 Å². The first-order valence-electron chi connectivity index (χ1n) is 11.5. The maximum absolute atomic E-state index is 13.6. The number of nitrogens with two attached hydrogens (primary N) is 2. The molecule has 2 atom stereocenters. The van der Waals surface area contributed by atoms with Crippen molar-refractivity contribution in [1.29, 1.82) is 0 Å². The number of carbonyl (C=O) groups excluding carboxylic acids is 2. The second kappa shape index (κ2) is 9.19. The number of hydrogen-bond donors (Lipinski definition) is 4. The van der Waals surface area contributed by atoms with Gasteiger partial charge >= 0.3 is 0 Å². The quantitative estimate of drug-likeness (QED) is 0.284. The minimum absolute atomic E-state index is 0.0127. The minimum atomic E-state index is -1.68. The Morgan fingerprint density at radius 2 is 1.97 bits per heavy atom. The minimum Gasteiger partial charge on any atom is -0.489 e. The summed E-state index contributed by atoms with van der Waals surface area (Å²) in [6, 6.07) is 10.2. The molecule has 38 heavy (non-hydrogen) atoms. The van der Waals surface area contributed by atoms with E-state index >= 15 is 0 Å². The Hall–Kier alpha value is -3.80. The first kappa shape index (κ1) is 25.8. The molecule has 1 aliphatic heterocycles. The summed E-state index contributed by atoms with van der Waals surface area (Å²) >= 11 is 7.48. The number of rotatable bonds is 6. The van der Waals surface area contributed by atoms with Gasteiger partial charge in [0, 0.05) is 16.7 Å². The van der Waals surface area contributed by atoms with Crippen LogP contribution in [0.2, 0.25) is 5.02 Å². The van der Waals surface area contributed by atoms with Crippen LogP contribution in [0.15, 0.2) is 42.5 Å². The predicted octanol–water partition coefficient (Wildman–Crippen LogP) is 3.51. The molecule has 2 aromatic carbocycles. The number of halogens is 2. The molecule has 0 fully saturated rings. The molecular weight excluding hydrogens is 533 g/mol. The van der Waals surface area contributed by atoms with Gasteiger partial charge in [0.25, 0.3) is 5.91 Å². The summed E-state index contributed by atoms with van der Waals surface area (Å²) in [7, 11) is 0. The third-order valence-corrected chi connectivity index (χ3v) is 7.73. The van der Waals surface area contributed by atoms with Crippen molar-refractivity contribution in [2.45, 2.75) is 24.9 Å². The standard InChI is InChI=1S/C26H23ClFN5O4S/c1-25(23(29)35)11-37-21-15(25)9-18(32-19(21)12-3-5-14(28)6-4-12)26(2,36)10-31-22(34)13-7-16(27)20-17(8-13)38-24(30)33-20/h3-9,36H,10-11H2,1-2H3,(H2,29,35)(H2,30,33)(H,31,34)/t25-,26-/m0/s1. The second-order valence-electron chi connectivity index (χ2n) is 9.54. The largest absolute Gasteiger partial charge is 0.489 e. The first-order valence-corrected chi connectivity index (χ1v) is 12.7. The van der Waals surface area contributed by atoms with E-state index in [0.717, 1.165) is 0 Å². The van der Waals surface area contributed by atoms with Crippen LogP contribution in [0.4, 0.5) is 9.52 Å². The lowest BCUT2D eigenvalue weighted by atomic mass is 9.82. The number of pyridine rings is 1. The number of hydrogen-bond acceptors (Lipinski definition) is 8. The summed E-state index contributed by atoms with van der Waals surface area (Å²) in [6.07, 6.45) is 0. The molecule has 0 saturated heterocycles. The number of nitrogens with zero attached hydrogens (tertiary/aromatic N) is 2. The van der Waals surface area contributed by atoms with Gasteiger partial charge in [0.15, 0.2) is 5.13 Å². The SMILES string of the molecule is C[C@](O)(CNC(=O)c1cc(Cl)c2nc(N)sc2c1)c1cc2c(c(-c3ccc(F)cc3)n1)OC[C@]2(C)C(N)=O. The van der Waals surface area contributed by atoms with Gasteiger partial charge < -0.3 is 26.6 Å². The highest BCUT2D eigenvalue weighted by atomic mass is 35.5. The Morgan fingerprint density at radius 3 is 2.66 bits per heavy atom. The van der Waals surface area contributed by atoms with Crippen LogP contribution in [-0.2, 0) is 15.8 Å². The molecule has 0 aliphatic carbocycles. The molecule has 12 heteroatoms. The van der Waals surface area contributed by atoms with Crippen molar-refractivity contribution < 1.29 is 23.8 Å². The monoisotopic (exact) mass is 555 g/mol. The van der Waals surface area contributed by atoms with Crippen LogP contribution >= 0.6 is 22.9 Å². The number of amides is 2. The van der Waals surface area contributed by atoms with E-state index in [1.54, 1.807) is 19.1 Å². The van der Waals surface area contributed by atoms with Crippen LogP contribution in [0.1, 0.15) is 35.5 Å². The molecule has 0 radical (unpaired) electrons. The van der Waals surface area contributed by atoms with Crippen LogP contribution in [-0.4, -0.2) is 40.0 Å². The van der Waals surface area contributed by atoms with Crippen molar-refractivity contribution >= 4 is 50.1 Å². The van der Waals surface area contributed by atoms with Gasteiger partial charge in [-0.05, 0) is 56.3 Å². The number of thiazole rings is 1. The second-order valence-corrected chi connectivity index (χ2v) is 11.0. The highest BCUT2D eigenvalue weighted by Gasteiger charge is 2.45. The normalized spacial score (nSPS) is 18.0. The van der Waals surface area contributed by atoms with Crippen molar-refractivity contribution in [2.75, 3.05) is 18.9 Å². The first-order chi connectivity index (χ1) is 17.9. The molecule has 1 aliphatic rings. The number of anilines is 1. The molecule has 3 heterocycles. The highest BCUT2D eigenvalue weighted by Crippen LogP contribution is 2.45. The molecular formula is C26H23ClFN5O4S. The number of nitrogen functional groups attached to an aromatic ring is 1. The lowest BCUT2D eigenvalue weighted by molar-refractivity contribution is -0.123. The van der Waals surface area contributed by atoms with Crippen molar-refractivity contribution in [3.05, 3.63) is 70.1 Å². The van der Waals surface area contributed by atoms with Gasteiger partial charge in [-0.2, -0.15) is 0 Å². The molecule has 9 nitrogen and oxygen atoms in total. The third kappa shape index (κ3) is 4.42. The molecule has 0 bridgehead atoms. The van der Waals surface area contributed by atoms with Gasteiger partial charge in [0.1, 0.15) is 40.4 Å². The van der Waals surface area contributed by atoms with Crippen molar-refractivity contribution in [3.8, 4) is 17.0 Å². The van der Waals surface area contributed by atoms with E-state index in [0.29, 0.717) is 37.9 Å². The van der Waals surface area contributed by atoms with Crippen molar-refractivity contribution in [3.63, 3.8) is 0 Å². The van der Waals surface area contributed by atoms with E-state index in [4.69, 9.17) is 27.8 Å². The lowest BCUT2D eigenvalue weighted by Crippen LogP contribution is -2.41. The maximum atomic E-state index is 13.6. The number of aliphatic hydroxyl groups is 1. The van der Waals surface area contributed by atoms with E-state index in [1.165, 1.54) is 48.6 Å². The molecule has 0 unspecified atom stereocenters. The molecule has 0 saturated carbocycles. The topological polar surface area (TPSA) is 153 Å². The number of aromatic nitrogens is 2. The Morgan fingerprint density at radius 1 is 1.26 bits per heavy atom. The average Bonchev–Trinajstić information content (AvgIpc) is 3.43. The average molecular weight is 556 g/mol. The lowest BCUT2D eigenvalue weighted by Gasteiger charge is -2.26. The number of carbonyl (C=O) groups is 2. The molecule has 0 spiro atoms. The van der Waals surface area contributed by atoms with E-state index in [1.807, 2.05) is 0 Å². The fourth-order valence-electron chi connectivity index (χ4n) is 4.25. The summed E-state index contributed by atoms with van der Waals surface area (Å²) < 4.78 is 20.1. The molecule has 2 aromatic heterocycles. The fraction of sp³-hybridized carbons (Fsp3) is 0.231. The van der Waals surface area contributed by atoms with Crippen LogP contribution in [0.5, 0.6) is 5.75 Å². The van der Waals surface area contributed by atoms with Crippen LogP contribution in [0.3, 0.4) is 0 Å². The smallest absolute Gasteiger partial charge is 0.251 e. The summed E-state index contributed by atoms with van der Waals surface area (Å²) in [4.78, 5) is 34.1. The number of primary amides is 1. The van der Waals surface area contributed by atoms with Gasteiger partial charge in [0.05, 0.1) is 22.0 Å². The van der Waals surface area contributed by atoms with E-state index in [-0.39, 0.29) is 29.4 Å². The summed E-state index contributed by atoms with van der Waals surface area (Å²) in [5.74, 6) is -1.19. The number of nitrogens with one attached hydrogen (secondary N) is 1. The zero-order valence-corrected chi connectivity index (χ0v) is 21.9. The molecule has 2 amide bonds. The maximum Gasteiger partial charge on any atom is 0.251 e. The number of benzene rings is 2. The zero-order valence-electron chi connectivity index (χ0n) is 20.3. The predicted molar refractivity (Wildman–Crippen MR) is 143 cm³/mol. The molecule has 4 aromatic rings.